The van der Waals surface area contributed by atoms with Crippen molar-refractivity contribution < 1.29 is 13.6 Å². The lowest BCUT2D eigenvalue weighted by Gasteiger charge is -2.29. The van der Waals surface area contributed by atoms with Crippen LogP contribution in [0.15, 0.2) is 24.4 Å². The van der Waals surface area contributed by atoms with Gasteiger partial charge in [0.05, 0.1) is 6.20 Å². The number of nitrogens with two attached hydrogens (primary N) is 1. The lowest BCUT2D eigenvalue weighted by Crippen LogP contribution is -2.29. The summed E-state index contributed by atoms with van der Waals surface area (Å²) in [5.74, 6) is -1.05. The zero-order valence-electron chi connectivity index (χ0n) is 18.2. The van der Waals surface area contributed by atoms with Crippen molar-refractivity contribution in [3.63, 3.8) is 0 Å². The Hall–Kier alpha value is -3.30. The molecule has 3 aromatic rings. The number of hydrogen-bond donors (Lipinski definition) is 3. The third kappa shape index (κ3) is 4.34. The van der Waals surface area contributed by atoms with E-state index in [0.29, 0.717) is 54.8 Å². The van der Waals surface area contributed by atoms with E-state index in [2.05, 4.69) is 20.6 Å². The van der Waals surface area contributed by atoms with E-state index in [-0.39, 0.29) is 23.6 Å². The SMILES string of the molecule is NC(=O)[C@H]1CC[C@@H](n2c(Nc3c(F)cccc3F)nc3cnc(NC4CCCC4)nc32)CC1. The van der Waals surface area contributed by atoms with Gasteiger partial charge in [-0.1, -0.05) is 18.9 Å². The normalized spacial score (nSPS) is 21.4. The van der Waals surface area contributed by atoms with Crippen LogP contribution in [0.1, 0.15) is 57.4 Å². The van der Waals surface area contributed by atoms with Gasteiger partial charge >= 0.3 is 0 Å². The Morgan fingerprint density at radius 2 is 1.73 bits per heavy atom. The molecule has 4 N–H and O–H groups in total. The van der Waals surface area contributed by atoms with Gasteiger partial charge in [-0.05, 0) is 50.7 Å². The van der Waals surface area contributed by atoms with Crippen LogP contribution in [0, 0.1) is 17.6 Å². The van der Waals surface area contributed by atoms with Crippen LogP contribution in [-0.2, 0) is 4.79 Å². The van der Waals surface area contributed by atoms with Crippen molar-refractivity contribution >= 4 is 34.7 Å². The molecule has 1 amide bonds. The number of benzene rings is 1. The number of para-hydroxylation sites is 1. The average Bonchev–Trinajstić information content (AvgIpc) is 3.44. The Morgan fingerprint density at radius 3 is 2.39 bits per heavy atom. The summed E-state index contributed by atoms with van der Waals surface area (Å²) < 4.78 is 30.6. The first-order valence-corrected chi connectivity index (χ1v) is 11.5. The monoisotopic (exact) mass is 455 g/mol. The number of rotatable bonds is 6. The molecule has 1 aromatic carbocycles. The third-order valence-electron chi connectivity index (χ3n) is 6.78. The molecule has 0 radical (unpaired) electrons. The zero-order chi connectivity index (χ0) is 22.9. The Balaban J connectivity index is 1.53. The zero-order valence-corrected chi connectivity index (χ0v) is 18.2. The van der Waals surface area contributed by atoms with E-state index < -0.39 is 11.6 Å². The van der Waals surface area contributed by atoms with Gasteiger partial charge in [-0.2, -0.15) is 4.98 Å². The fourth-order valence-electron chi connectivity index (χ4n) is 4.99. The summed E-state index contributed by atoms with van der Waals surface area (Å²) in [6, 6.07) is 4.00. The van der Waals surface area contributed by atoms with Crippen LogP contribution in [-0.4, -0.2) is 31.5 Å². The molecular weight excluding hydrogens is 428 g/mol. The fraction of sp³-hybridized carbons (Fsp3) is 0.478. The molecule has 0 atom stereocenters. The molecule has 0 aliphatic heterocycles. The molecule has 174 valence electrons. The standard InChI is InChI=1S/C23H27F2N7O/c24-16-6-3-7-17(25)19(16)30-23-29-18-12-27-22(28-14-4-1-2-5-14)31-21(18)32(23)15-10-8-13(9-11-15)20(26)33/h3,6-7,12-15H,1-2,4-5,8-11H2,(H2,26,33)(H,29,30)(H,27,28,31)/t13-,15+. The number of primary amides is 1. The molecule has 5 rings (SSSR count). The van der Waals surface area contributed by atoms with Crippen LogP contribution in [0.3, 0.4) is 0 Å². The largest absolute Gasteiger partial charge is 0.369 e. The second-order valence-corrected chi connectivity index (χ2v) is 8.96. The number of aromatic nitrogens is 4. The second kappa shape index (κ2) is 8.92. The van der Waals surface area contributed by atoms with Gasteiger partial charge in [-0.15, -0.1) is 0 Å². The van der Waals surface area contributed by atoms with Crippen LogP contribution < -0.4 is 16.4 Å². The van der Waals surface area contributed by atoms with Crippen molar-refractivity contribution in [3.05, 3.63) is 36.0 Å². The lowest BCUT2D eigenvalue weighted by molar-refractivity contribution is -0.122. The van der Waals surface area contributed by atoms with E-state index in [4.69, 9.17) is 10.7 Å². The van der Waals surface area contributed by atoms with Crippen molar-refractivity contribution in [3.8, 4) is 0 Å². The molecule has 0 spiro atoms. The molecule has 2 aliphatic carbocycles. The highest BCUT2D eigenvalue weighted by molar-refractivity contribution is 5.78. The predicted molar refractivity (Wildman–Crippen MR) is 121 cm³/mol. The summed E-state index contributed by atoms with van der Waals surface area (Å²) in [5, 5.41) is 6.24. The fourth-order valence-corrected chi connectivity index (χ4v) is 4.99. The highest BCUT2D eigenvalue weighted by Gasteiger charge is 2.29. The van der Waals surface area contributed by atoms with Crippen molar-refractivity contribution in [2.75, 3.05) is 10.6 Å². The summed E-state index contributed by atoms with van der Waals surface area (Å²) >= 11 is 0. The molecule has 8 nitrogen and oxygen atoms in total. The maximum Gasteiger partial charge on any atom is 0.224 e. The number of hydrogen-bond acceptors (Lipinski definition) is 6. The van der Waals surface area contributed by atoms with Crippen molar-refractivity contribution in [2.45, 2.75) is 63.5 Å². The van der Waals surface area contributed by atoms with Crippen LogP contribution in [0.25, 0.3) is 11.2 Å². The van der Waals surface area contributed by atoms with Gasteiger partial charge in [0.15, 0.2) is 5.65 Å². The minimum absolute atomic E-state index is 0.0443. The van der Waals surface area contributed by atoms with Gasteiger partial charge in [0.2, 0.25) is 17.8 Å². The first kappa shape index (κ1) is 21.5. The second-order valence-electron chi connectivity index (χ2n) is 8.96. The van der Waals surface area contributed by atoms with Crippen molar-refractivity contribution in [1.82, 2.24) is 19.5 Å². The Bertz CT molecular complexity index is 1150. The smallest absolute Gasteiger partial charge is 0.224 e. The van der Waals surface area contributed by atoms with E-state index in [1.54, 1.807) is 6.20 Å². The summed E-state index contributed by atoms with van der Waals surface area (Å²) in [6.07, 6.45) is 8.82. The summed E-state index contributed by atoms with van der Waals surface area (Å²) in [5.41, 5.74) is 6.36. The minimum atomic E-state index is -0.708. The molecule has 2 saturated carbocycles. The highest BCUT2D eigenvalue weighted by Crippen LogP contribution is 2.37. The van der Waals surface area contributed by atoms with Crippen molar-refractivity contribution in [1.29, 1.82) is 0 Å². The Labute approximate surface area is 190 Å². The van der Waals surface area contributed by atoms with E-state index >= 15 is 0 Å². The number of carbonyl (C=O) groups excluding carboxylic acids is 1. The minimum Gasteiger partial charge on any atom is -0.369 e. The van der Waals surface area contributed by atoms with Crippen LogP contribution >= 0.6 is 0 Å². The Morgan fingerprint density at radius 1 is 1.03 bits per heavy atom. The van der Waals surface area contributed by atoms with Gasteiger partial charge in [0.1, 0.15) is 22.8 Å². The quantitative estimate of drug-likeness (QED) is 0.508. The molecule has 0 bridgehead atoms. The molecule has 10 heteroatoms. The molecule has 2 heterocycles. The first-order chi connectivity index (χ1) is 16.0. The number of fused-ring (bicyclic) bond motifs is 1. The number of nitrogens with zero attached hydrogens (tertiary/aromatic N) is 4. The van der Waals surface area contributed by atoms with Crippen molar-refractivity contribution in [2.24, 2.45) is 11.7 Å². The van der Waals surface area contributed by atoms with Gasteiger partial charge in [-0.3, -0.25) is 9.36 Å². The number of anilines is 3. The van der Waals surface area contributed by atoms with Crippen LogP contribution in [0.2, 0.25) is 0 Å². The molecular formula is C23H27F2N7O. The lowest BCUT2D eigenvalue weighted by atomic mass is 9.85. The molecule has 0 unspecified atom stereocenters. The predicted octanol–water partition coefficient (Wildman–Crippen LogP) is 4.42. The molecule has 0 saturated heterocycles. The molecule has 2 fully saturated rings. The topological polar surface area (TPSA) is 111 Å². The molecule has 2 aliphatic rings. The number of carbonyl (C=O) groups is 1. The molecule has 2 aromatic heterocycles. The summed E-state index contributed by atoms with van der Waals surface area (Å²) in [7, 11) is 0. The number of amides is 1. The number of halogens is 2. The maximum atomic E-state index is 14.4. The highest BCUT2D eigenvalue weighted by atomic mass is 19.1. The molecule has 33 heavy (non-hydrogen) atoms. The summed E-state index contributed by atoms with van der Waals surface area (Å²) in [4.78, 5) is 25.3. The van der Waals surface area contributed by atoms with E-state index in [0.717, 1.165) is 12.8 Å². The van der Waals surface area contributed by atoms with Gasteiger partial charge in [0.25, 0.3) is 0 Å². The number of imidazole rings is 1. The van der Waals surface area contributed by atoms with Gasteiger partial charge in [0, 0.05) is 18.0 Å². The maximum absolute atomic E-state index is 14.4. The first-order valence-electron chi connectivity index (χ1n) is 11.5. The third-order valence-corrected chi connectivity index (χ3v) is 6.78. The Kier molecular flexibility index (Phi) is 5.82. The van der Waals surface area contributed by atoms with Crippen LogP contribution in [0.4, 0.5) is 26.4 Å². The van der Waals surface area contributed by atoms with E-state index in [9.17, 15) is 13.6 Å². The van der Waals surface area contributed by atoms with Gasteiger partial charge in [-0.25, -0.2) is 18.7 Å². The van der Waals surface area contributed by atoms with Gasteiger partial charge < -0.3 is 16.4 Å². The number of nitrogens with one attached hydrogen (secondary N) is 2. The van der Waals surface area contributed by atoms with E-state index in [1.165, 1.54) is 31.0 Å². The van der Waals surface area contributed by atoms with E-state index in [1.807, 2.05) is 4.57 Å². The van der Waals surface area contributed by atoms with Crippen LogP contribution in [0.5, 0.6) is 0 Å². The average molecular weight is 456 g/mol. The summed E-state index contributed by atoms with van der Waals surface area (Å²) in [6.45, 7) is 0.